The fourth-order valence-electron chi connectivity index (χ4n) is 5.04. The summed E-state index contributed by atoms with van der Waals surface area (Å²) >= 11 is 0. The molecule has 3 fully saturated rings. The number of carbonyl (C=O) groups is 1. The molecule has 0 radical (unpaired) electrons. The van der Waals surface area contributed by atoms with Crippen molar-refractivity contribution in [3.63, 3.8) is 0 Å². The Morgan fingerprint density at radius 3 is 2.44 bits per heavy atom. The zero-order valence-electron chi connectivity index (χ0n) is 17.1. The standard InChI is InChI=1S/C22H38N2O/c1-16(2)13-19-20(22(19,4)5)21(25)24-10-6-7-18(15-24)14-23-11-8-17(3)9-12-23/h13,17-20H,6-12,14-15H2,1-5H3. The van der Waals surface area contributed by atoms with Gasteiger partial charge in [0.2, 0.25) is 5.91 Å². The summed E-state index contributed by atoms with van der Waals surface area (Å²) in [5.41, 5.74) is 1.48. The monoisotopic (exact) mass is 346 g/mol. The van der Waals surface area contributed by atoms with Crippen LogP contribution in [0.1, 0.15) is 60.3 Å². The van der Waals surface area contributed by atoms with Crippen LogP contribution in [0, 0.1) is 29.1 Å². The van der Waals surface area contributed by atoms with E-state index in [9.17, 15) is 4.79 Å². The molecule has 1 aliphatic carbocycles. The van der Waals surface area contributed by atoms with Gasteiger partial charge in [0.15, 0.2) is 0 Å². The summed E-state index contributed by atoms with van der Waals surface area (Å²) in [6.45, 7) is 16.8. The maximum atomic E-state index is 13.1. The topological polar surface area (TPSA) is 23.6 Å². The van der Waals surface area contributed by atoms with Gasteiger partial charge in [0.1, 0.15) is 0 Å². The summed E-state index contributed by atoms with van der Waals surface area (Å²) in [4.78, 5) is 18.0. The molecule has 1 amide bonds. The third-order valence-corrected chi connectivity index (χ3v) is 6.91. The molecule has 3 nitrogen and oxygen atoms in total. The van der Waals surface area contributed by atoms with E-state index in [2.05, 4.69) is 50.5 Å². The van der Waals surface area contributed by atoms with Gasteiger partial charge in [-0.05, 0) is 75.8 Å². The Balaban J connectivity index is 1.54. The molecule has 142 valence electrons. The Bertz CT molecular complexity index is 512. The van der Waals surface area contributed by atoms with E-state index < -0.39 is 0 Å². The Morgan fingerprint density at radius 2 is 1.80 bits per heavy atom. The minimum Gasteiger partial charge on any atom is -0.342 e. The van der Waals surface area contributed by atoms with E-state index in [4.69, 9.17) is 0 Å². The number of hydrogen-bond donors (Lipinski definition) is 0. The first-order chi connectivity index (χ1) is 11.8. The zero-order chi connectivity index (χ0) is 18.2. The summed E-state index contributed by atoms with van der Waals surface area (Å²) in [7, 11) is 0. The molecule has 3 heteroatoms. The van der Waals surface area contributed by atoms with Crippen LogP contribution in [0.5, 0.6) is 0 Å². The molecule has 3 unspecified atom stereocenters. The first-order valence-electron chi connectivity index (χ1n) is 10.4. The van der Waals surface area contributed by atoms with E-state index in [0.717, 1.165) is 19.0 Å². The van der Waals surface area contributed by atoms with Gasteiger partial charge in [-0.2, -0.15) is 0 Å². The fraction of sp³-hybridized carbons (Fsp3) is 0.864. The molecular weight excluding hydrogens is 308 g/mol. The molecule has 0 bridgehead atoms. The quantitative estimate of drug-likeness (QED) is 0.713. The average Bonchev–Trinajstić information content (AvgIpc) is 3.09. The largest absolute Gasteiger partial charge is 0.342 e. The molecular formula is C22H38N2O. The summed E-state index contributed by atoms with van der Waals surface area (Å²) in [5, 5.41) is 0. The third-order valence-electron chi connectivity index (χ3n) is 6.91. The van der Waals surface area contributed by atoms with Gasteiger partial charge >= 0.3 is 0 Å². The van der Waals surface area contributed by atoms with Crippen molar-refractivity contribution in [3.05, 3.63) is 11.6 Å². The van der Waals surface area contributed by atoms with Gasteiger partial charge in [0.05, 0.1) is 5.92 Å². The molecule has 3 aliphatic rings. The minimum atomic E-state index is 0.143. The van der Waals surface area contributed by atoms with Crippen molar-refractivity contribution in [3.8, 4) is 0 Å². The summed E-state index contributed by atoms with van der Waals surface area (Å²) in [6, 6.07) is 0. The molecule has 2 saturated heterocycles. The number of rotatable bonds is 4. The minimum absolute atomic E-state index is 0.143. The van der Waals surface area contributed by atoms with Crippen molar-refractivity contribution < 1.29 is 4.79 Å². The van der Waals surface area contributed by atoms with Crippen LogP contribution >= 0.6 is 0 Å². The van der Waals surface area contributed by atoms with Gasteiger partial charge in [-0.3, -0.25) is 4.79 Å². The molecule has 25 heavy (non-hydrogen) atoms. The van der Waals surface area contributed by atoms with Gasteiger partial charge in [-0.25, -0.2) is 0 Å². The van der Waals surface area contributed by atoms with E-state index in [0.29, 0.717) is 17.7 Å². The third kappa shape index (κ3) is 4.30. The van der Waals surface area contributed by atoms with E-state index in [1.165, 1.54) is 50.9 Å². The van der Waals surface area contributed by atoms with Crippen molar-refractivity contribution in [2.24, 2.45) is 29.1 Å². The predicted octanol–water partition coefficient (Wildman–Crippen LogP) is 4.20. The fourth-order valence-corrected chi connectivity index (χ4v) is 5.04. The van der Waals surface area contributed by atoms with Crippen molar-refractivity contribution in [1.29, 1.82) is 0 Å². The molecule has 3 rings (SSSR count). The second kappa shape index (κ2) is 7.42. The number of carbonyl (C=O) groups excluding carboxylic acids is 1. The number of likely N-dealkylation sites (tertiary alicyclic amines) is 2. The average molecular weight is 347 g/mol. The van der Waals surface area contributed by atoms with Gasteiger partial charge < -0.3 is 9.80 Å². The molecule has 2 aliphatic heterocycles. The highest BCUT2D eigenvalue weighted by molar-refractivity contribution is 5.84. The lowest BCUT2D eigenvalue weighted by Gasteiger charge is -2.38. The number of hydrogen-bond acceptors (Lipinski definition) is 2. The highest BCUT2D eigenvalue weighted by Crippen LogP contribution is 2.60. The van der Waals surface area contributed by atoms with Gasteiger partial charge in [-0.1, -0.05) is 32.4 Å². The van der Waals surface area contributed by atoms with E-state index in [1.807, 2.05) is 0 Å². The number of piperidine rings is 2. The zero-order valence-corrected chi connectivity index (χ0v) is 17.1. The van der Waals surface area contributed by atoms with Crippen molar-refractivity contribution in [1.82, 2.24) is 9.80 Å². The smallest absolute Gasteiger partial charge is 0.226 e. The molecule has 0 spiro atoms. The van der Waals surface area contributed by atoms with Crippen molar-refractivity contribution in [2.45, 2.75) is 60.3 Å². The van der Waals surface area contributed by atoms with Crippen LogP contribution in [-0.4, -0.2) is 48.4 Å². The van der Waals surface area contributed by atoms with Crippen LogP contribution in [0.3, 0.4) is 0 Å². The second-order valence-electron chi connectivity index (χ2n) is 9.84. The van der Waals surface area contributed by atoms with E-state index in [-0.39, 0.29) is 11.3 Å². The van der Waals surface area contributed by atoms with Crippen LogP contribution < -0.4 is 0 Å². The lowest BCUT2D eigenvalue weighted by molar-refractivity contribution is -0.135. The first-order valence-corrected chi connectivity index (χ1v) is 10.4. The maximum absolute atomic E-state index is 13.1. The molecule has 1 saturated carbocycles. The van der Waals surface area contributed by atoms with Gasteiger partial charge in [-0.15, -0.1) is 0 Å². The molecule has 2 heterocycles. The summed E-state index contributed by atoms with van der Waals surface area (Å²) in [6.07, 6.45) is 7.48. The Morgan fingerprint density at radius 1 is 1.12 bits per heavy atom. The van der Waals surface area contributed by atoms with Crippen molar-refractivity contribution >= 4 is 5.91 Å². The Labute approximate surface area is 154 Å². The lowest BCUT2D eigenvalue weighted by atomic mass is 9.94. The van der Waals surface area contributed by atoms with Crippen LogP contribution in [0.2, 0.25) is 0 Å². The predicted molar refractivity (Wildman–Crippen MR) is 104 cm³/mol. The van der Waals surface area contributed by atoms with Crippen molar-refractivity contribution in [2.75, 3.05) is 32.7 Å². The number of nitrogens with zero attached hydrogens (tertiary/aromatic N) is 2. The van der Waals surface area contributed by atoms with Crippen LogP contribution in [0.4, 0.5) is 0 Å². The highest BCUT2D eigenvalue weighted by Gasteiger charge is 2.61. The van der Waals surface area contributed by atoms with E-state index >= 15 is 0 Å². The van der Waals surface area contributed by atoms with Crippen LogP contribution in [0.25, 0.3) is 0 Å². The molecule has 3 atom stereocenters. The first kappa shape index (κ1) is 18.9. The molecule has 0 aromatic carbocycles. The van der Waals surface area contributed by atoms with Gasteiger partial charge in [0.25, 0.3) is 0 Å². The number of allylic oxidation sites excluding steroid dienone is 2. The summed E-state index contributed by atoms with van der Waals surface area (Å²) < 4.78 is 0. The Kier molecular flexibility index (Phi) is 5.63. The molecule has 0 aromatic heterocycles. The number of amides is 1. The Hall–Kier alpha value is -0.830. The van der Waals surface area contributed by atoms with E-state index in [1.54, 1.807) is 0 Å². The SMILES string of the molecule is CC(C)=CC1C(C(=O)N2CCCC(CN3CCC(C)CC3)C2)C1(C)C. The lowest BCUT2D eigenvalue weighted by Crippen LogP contribution is -2.46. The molecule has 0 N–H and O–H groups in total. The van der Waals surface area contributed by atoms with Crippen LogP contribution in [0.15, 0.2) is 11.6 Å². The molecule has 0 aromatic rings. The second-order valence-corrected chi connectivity index (χ2v) is 9.84. The van der Waals surface area contributed by atoms with Gasteiger partial charge in [0, 0.05) is 19.6 Å². The maximum Gasteiger partial charge on any atom is 0.226 e. The summed E-state index contributed by atoms with van der Waals surface area (Å²) in [5.74, 6) is 2.63. The highest BCUT2D eigenvalue weighted by atomic mass is 16.2. The normalized spacial score (nSPS) is 33.2. The van der Waals surface area contributed by atoms with Crippen LogP contribution in [-0.2, 0) is 4.79 Å².